The molecule has 0 unspecified atom stereocenters. The summed E-state index contributed by atoms with van der Waals surface area (Å²) in [5, 5.41) is 5.96. The lowest BCUT2D eigenvalue weighted by molar-refractivity contribution is 0.0997. The first-order chi connectivity index (χ1) is 26.8. The molecule has 0 atom stereocenters. The van der Waals surface area contributed by atoms with Gasteiger partial charge in [0.2, 0.25) is 0 Å². The van der Waals surface area contributed by atoms with Gasteiger partial charge in [-0.05, 0) is 66.6 Å². The second kappa shape index (κ2) is 18.0. The summed E-state index contributed by atoms with van der Waals surface area (Å²) < 4.78 is 30.1. The third-order valence-corrected chi connectivity index (χ3v) is 9.05. The number of nitrogens with one attached hydrogen (secondary N) is 2. The average molecular weight is 746 g/mol. The van der Waals surface area contributed by atoms with Crippen molar-refractivity contribution < 1.29 is 33.0 Å². The van der Waals surface area contributed by atoms with Crippen molar-refractivity contribution in [3.05, 3.63) is 136 Å². The average Bonchev–Trinajstić information content (AvgIpc) is 3.73. The van der Waals surface area contributed by atoms with Crippen LogP contribution < -0.4 is 35.0 Å². The highest BCUT2D eigenvalue weighted by molar-refractivity contribution is 6.12. The van der Waals surface area contributed by atoms with E-state index < -0.39 is 11.8 Å². The van der Waals surface area contributed by atoms with Crippen molar-refractivity contribution in [2.75, 3.05) is 51.7 Å². The van der Waals surface area contributed by atoms with E-state index in [-0.39, 0.29) is 28.0 Å². The molecule has 2 heterocycles. The number of nitrogens with zero attached hydrogens (tertiary/aromatic N) is 3. The van der Waals surface area contributed by atoms with E-state index in [9.17, 15) is 14.4 Å². The molecular formula is C42H43N5O8. The highest BCUT2D eigenvalue weighted by Gasteiger charge is 2.21. The Balaban J connectivity index is 1.08. The smallest absolute Gasteiger partial charge is 0.291 e. The Kier molecular flexibility index (Phi) is 12.4. The fraction of sp³-hybridized carbons (Fsp3) is 0.238. The summed E-state index contributed by atoms with van der Waals surface area (Å²) in [7, 11) is 4.54. The zero-order valence-corrected chi connectivity index (χ0v) is 31.2. The van der Waals surface area contributed by atoms with Crippen LogP contribution in [-0.2, 0) is 19.5 Å². The van der Waals surface area contributed by atoms with E-state index >= 15 is 0 Å². The van der Waals surface area contributed by atoms with Crippen LogP contribution in [0.3, 0.4) is 0 Å². The summed E-state index contributed by atoms with van der Waals surface area (Å²) in [6.45, 7) is 5.74. The predicted octanol–water partition coefficient (Wildman–Crippen LogP) is 6.66. The van der Waals surface area contributed by atoms with Crippen LogP contribution in [0.5, 0.6) is 23.0 Å². The topological polar surface area (TPSA) is 146 Å². The second-order valence-corrected chi connectivity index (χ2v) is 12.6. The molecule has 0 fully saturated rings. The van der Waals surface area contributed by atoms with E-state index in [0.717, 1.165) is 43.2 Å². The Hall–Kier alpha value is -6.60. The summed E-state index contributed by atoms with van der Waals surface area (Å²) in [6, 6.07) is 24.4. The fourth-order valence-corrected chi connectivity index (χ4v) is 6.03. The van der Waals surface area contributed by atoms with Crippen molar-refractivity contribution in [2.24, 2.45) is 0 Å². The number of fused-ring (bicyclic) bond motifs is 1. The number of rotatable bonds is 17. The second-order valence-electron chi connectivity index (χ2n) is 12.6. The molecule has 55 heavy (non-hydrogen) atoms. The molecule has 0 spiro atoms. The van der Waals surface area contributed by atoms with E-state index in [1.54, 1.807) is 43.9 Å². The monoisotopic (exact) mass is 745 g/mol. The predicted molar refractivity (Wildman–Crippen MR) is 210 cm³/mol. The highest BCUT2D eigenvalue weighted by Crippen LogP contribution is 2.34. The Bertz CT molecular complexity index is 2300. The molecular weight excluding hydrogens is 702 g/mol. The molecule has 0 aliphatic heterocycles. The quantitative estimate of drug-likeness (QED) is 0.104. The van der Waals surface area contributed by atoms with E-state index in [1.807, 2.05) is 47.2 Å². The van der Waals surface area contributed by atoms with E-state index in [1.165, 1.54) is 26.4 Å². The maximum atomic E-state index is 13.7. The first-order valence-corrected chi connectivity index (χ1v) is 17.8. The lowest BCUT2D eigenvalue weighted by atomic mass is 10.1. The standard InChI is InChI=1S/C42H43N5O8/c1-5-46(26-29-12-15-36(37(22-29)51-2)54-21-20-47-19-17-43-27-47)18-16-28-10-13-30(14-11-28)44-41(49)32-23-38(52-3)39(53-4)24-33(32)45-42(50)40-25-34(48)31-8-6-7-9-35(31)55-40/h6-15,17,19,22-25,27H,5,16,18,20-21,26H2,1-4H3,(H,44,49)(H,45,50). The van der Waals surface area contributed by atoms with Gasteiger partial charge in [0.15, 0.2) is 34.2 Å². The normalized spacial score (nSPS) is 11.0. The number of benzene rings is 4. The van der Waals surface area contributed by atoms with Crippen molar-refractivity contribution in [2.45, 2.75) is 26.4 Å². The van der Waals surface area contributed by atoms with Crippen LogP contribution in [-0.4, -0.2) is 67.3 Å². The Morgan fingerprint density at radius 3 is 2.27 bits per heavy atom. The Morgan fingerprint density at radius 2 is 1.55 bits per heavy atom. The lowest BCUT2D eigenvalue weighted by Crippen LogP contribution is -2.25. The fourth-order valence-electron chi connectivity index (χ4n) is 6.03. The van der Waals surface area contributed by atoms with Gasteiger partial charge in [-0.1, -0.05) is 37.3 Å². The van der Waals surface area contributed by atoms with E-state index in [4.69, 9.17) is 23.4 Å². The number of imidazole rings is 1. The number of carbonyl (C=O) groups excluding carboxylic acids is 2. The van der Waals surface area contributed by atoms with Gasteiger partial charge in [-0.25, -0.2) is 4.98 Å². The highest BCUT2D eigenvalue weighted by atomic mass is 16.5. The van der Waals surface area contributed by atoms with Gasteiger partial charge in [-0.15, -0.1) is 0 Å². The minimum Gasteiger partial charge on any atom is -0.493 e. The number of methoxy groups -OCH3 is 3. The third-order valence-electron chi connectivity index (χ3n) is 9.05. The van der Waals surface area contributed by atoms with Crippen LogP contribution >= 0.6 is 0 Å². The Labute approximate surface area is 318 Å². The van der Waals surface area contributed by atoms with Gasteiger partial charge in [0.1, 0.15) is 12.2 Å². The zero-order chi connectivity index (χ0) is 38.7. The largest absolute Gasteiger partial charge is 0.493 e. The summed E-state index contributed by atoms with van der Waals surface area (Å²) in [6.07, 6.45) is 6.20. The molecule has 2 amide bonds. The van der Waals surface area contributed by atoms with Crippen molar-refractivity contribution >= 4 is 34.2 Å². The molecule has 0 aliphatic carbocycles. The molecule has 2 aromatic heterocycles. The SMILES string of the molecule is CCN(CCc1ccc(NC(=O)c2cc(OC)c(OC)cc2NC(=O)c2cc(=O)c3ccccc3o2)cc1)Cc1ccc(OCCn2ccnc2)c(OC)c1. The van der Waals surface area contributed by atoms with Gasteiger partial charge in [0.25, 0.3) is 11.8 Å². The molecule has 0 radical (unpaired) electrons. The molecule has 6 aromatic rings. The number of anilines is 2. The number of aromatic nitrogens is 2. The number of para-hydroxylation sites is 1. The molecule has 0 aliphatic rings. The number of likely N-dealkylation sites (N-methyl/N-ethyl adjacent to an activating group) is 1. The number of carbonyl (C=O) groups is 2. The van der Waals surface area contributed by atoms with Gasteiger partial charge in [-0.2, -0.15) is 0 Å². The Morgan fingerprint density at radius 1 is 0.818 bits per heavy atom. The molecule has 2 N–H and O–H groups in total. The van der Waals surface area contributed by atoms with E-state index in [0.29, 0.717) is 47.2 Å². The van der Waals surface area contributed by atoms with Crippen LogP contribution in [0.25, 0.3) is 11.0 Å². The molecule has 284 valence electrons. The summed E-state index contributed by atoms with van der Waals surface area (Å²) in [4.78, 5) is 46.0. The van der Waals surface area contributed by atoms with Gasteiger partial charge < -0.3 is 38.6 Å². The van der Waals surface area contributed by atoms with Gasteiger partial charge >= 0.3 is 0 Å². The molecule has 6 rings (SSSR count). The molecule has 13 heteroatoms. The third kappa shape index (κ3) is 9.50. The first kappa shape index (κ1) is 38.1. The van der Waals surface area contributed by atoms with Crippen LogP contribution in [0.2, 0.25) is 0 Å². The van der Waals surface area contributed by atoms with Crippen molar-refractivity contribution in [1.82, 2.24) is 14.5 Å². The molecule has 4 aromatic carbocycles. The lowest BCUT2D eigenvalue weighted by Gasteiger charge is -2.21. The first-order valence-electron chi connectivity index (χ1n) is 17.8. The van der Waals surface area contributed by atoms with E-state index in [2.05, 4.69) is 33.5 Å². The molecule has 0 saturated carbocycles. The number of hydrogen-bond acceptors (Lipinski definition) is 10. The summed E-state index contributed by atoms with van der Waals surface area (Å²) in [5.74, 6) is 0.568. The maximum absolute atomic E-state index is 13.7. The van der Waals surface area contributed by atoms with Crippen molar-refractivity contribution in [3.8, 4) is 23.0 Å². The number of ether oxygens (including phenoxy) is 4. The molecule has 13 nitrogen and oxygen atoms in total. The number of hydrogen-bond donors (Lipinski definition) is 2. The van der Waals surface area contributed by atoms with Gasteiger partial charge in [0.05, 0.1) is 50.8 Å². The van der Waals surface area contributed by atoms with Crippen LogP contribution in [0.1, 0.15) is 39.0 Å². The summed E-state index contributed by atoms with van der Waals surface area (Å²) in [5.41, 5.74) is 2.94. The maximum Gasteiger partial charge on any atom is 0.291 e. The van der Waals surface area contributed by atoms with Crippen LogP contribution in [0, 0.1) is 0 Å². The van der Waals surface area contributed by atoms with Gasteiger partial charge in [0, 0.05) is 43.3 Å². The van der Waals surface area contributed by atoms with Crippen molar-refractivity contribution in [3.63, 3.8) is 0 Å². The summed E-state index contributed by atoms with van der Waals surface area (Å²) >= 11 is 0. The van der Waals surface area contributed by atoms with Crippen LogP contribution in [0.15, 0.2) is 113 Å². The zero-order valence-electron chi connectivity index (χ0n) is 31.2. The minimum atomic E-state index is -0.711. The van der Waals surface area contributed by atoms with Gasteiger partial charge in [-0.3, -0.25) is 19.3 Å². The number of amides is 2. The molecule has 0 saturated heterocycles. The minimum absolute atomic E-state index is 0.113. The van der Waals surface area contributed by atoms with Crippen molar-refractivity contribution in [1.29, 1.82) is 0 Å². The molecule has 0 bridgehead atoms. The van der Waals surface area contributed by atoms with Crippen LogP contribution in [0.4, 0.5) is 11.4 Å².